The SMILES string of the molecule is CCN1CCOCCOCCN(CC)CCN(CCN2CCOCC2)CC1. The molecule has 7 heteroatoms. The van der Waals surface area contributed by atoms with Crippen molar-refractivity contribution < 1.29 is 14.2 Å². The van der Waals surface area contributed by atoms with E-state index in [1.165, 1.54) is 0 Å². The molecule has 0 aromatic carbocycles. The average molecular weight is 387 g/mol. The molecular formula is C20H42N4O3. The number of rotatable bonds is 5. The highest BCUT2D eigenvalue weighted by Gasteiger charge is 2.15. The van der Waals surface area contributed by atoms with Crippen molar-refractivity contribution in [1.82, 2.24) is 19.6 Å². The fourth-order valence-corrected chi connectivity index (χ4v) is 3.57. The second-order valence-electron chi connectivity index (χ2n) is 7.39. The van der Waals surface area contributed by atoms with Gasteiger partial charge in [0.25, 0.3) is 0 Å². The third kappa shape index (κ3) is 10.2. The Morgan fingerprint density at radius 3 is 1.22 bits per heavy atom. The van der Waals surface area contributed by atoms with Crippen molar-refractivity contribution >= 4 is 0 Å². The van der Waals surface area contributed by atoms with Crippen LogP contribution in [0.25, 0.3) is 0 Å². The van der Waals surface area contributed by atoms with Crippen molar-refractivity contribution in [2.75, 3.05) is 118 Å². The van der Waals surface area contributed by atoms with Crippen LogP contribution in [-0.4, -0.2) is 138 Å². The van der Waals surface area contributed by atoms with Crippen molar-refractivity contribution in [3.05, 3.63) is 0 Å². The molecule has 2 fully saturated rings. The zero-order chi connectivity index (χ0) is 19.2. The lowest BCUT2D eigenvalue weighted by molar-refractivity contribution is 0.0321. The zero-order valence-electron chi connectivity index (χ0n) is 17.7. The summed E-state index contributed by atoms with van der Waals surface area (Å²) in [7, 11) is 0. The summed E-state index contributed by atoms with van der Waals surface area (Å²) < 4.78 is 17.0. The molecule has 0 saturated carbocycles. The molecule has 2 saturated heterocycles. The van der Waals surface area contributed by atoms with Gasteiger partial charge in [-0.1, -0.05) is 13.8 Å². The first-order chi connectivity index (χ1) is 13.3. The molecule has 0 aromatic rings. The van der Waals surface area contributed by atoms with Gasteiger partial charge in [-0.25, -0.2) is 0 Å². The lowest BCUT2D eigenvalue weighted by atomic mass is 10.3. The van der Waals surface area contributed by atoms with E-state index in [1.807, 2.05) is 0 Å². The number of ether oxygens (including phenoxy) is 3. The molecule has 0 aromatic heterocycles. The lowest BCUT2D eigenvalue weighted by Crippen LogP contribution is -2.45. The van der Waals surface area contributed by atoms with Crippen molar-refractivity contribution in [3.8, 4) is 0 Å². The molecule has 2 heterocycles. The Morgan fingerprint density at radius 1 is 0.444 bits per heavy atom. The predicted molar refractivity (Wildman–Crippen MR) is 110 cm³/mol. The van der Waals surface area contributed by atoms with Crippen molar-refractivity contribution in [2.24, 2.45) is 0 Å². The summed E-state index contributed by atoms with van der Waals surface area (Å²) in [6.07, 6.45) is 0. The Kier molecular flexibility index (Phi) is 12.5. The summed E-state index contributed by atoms with van der Waals surface area (Å²) in [5.41, 5.74) is 0. The summed E-state index contributed by atoms with van der Waals surface area (Å²) in [4.78, 5) is 10.2. The van der Waals surface area contributed by atoms with Crippen LogP contribution < -0.4 is 0 Å². The molecule has 0 amide bonds. The predicted octanol–water partition coefficient (Wildman–Crippen LogP) is 0.311. The maximum atomic E-state index is 5.74. The average Bonchev–Trinajstić information content (AvgIpc) is 2.72. The topological polar surface area (TPSA) is 40.7 Å². The molecule has 0 bridgehead atoms. The molecule has 0 radical (unpaired) electrons. The summed E-state index contributed by atoms with van der Waals surface area (Å²) >= 11 is 0. The summed E-state index contributed by atoms with van der Waals surface area (Å²) in [6, 6.07) is 0. The van der Waals surface area contributed by atoms with Crippen molar-refractivity contribution in [1.29, 1.82) is 0 Å². The van der Waals surface area contributed by atoms with E-state index >= 15 is 0 Å². The summed E-state index contributed by atoms with van der Waals surface area (Å²) in [6.45, 7) is 22.4. The van der Waals surface area contributed by atoms with Crippen LogP contribution in [0.5, 0.6) is 0 Å². The van der Waals surface area contributed by atoms with E-state index in [4.69, 9.17) is 14.2 Å². The molecular weight excluding hydrogens is 344 g/mol. The molecule has 0 aliphatic carbocycles. The highest BCUT2D eigenvalue weighted by Crippen LogP contribution is 2.01. The number of morpholine rings is 1. The first-order valence-corrected chi connectivity index (χ1v) is 10.9. The van der Waals surface area contributed by atoms with Gasteiger partial charge in [0.2, 0.25) is 0 Å². The van der Waals surface area contributed by atoms with Crippen LogP contribution in [0.4, 0.5) is 0 Å². The van der Waals surface area contributed by atoms with Gasteiger partial charge in [0, 0.05) is 65.4 Å². The Labute approximate surface area is 166 Å². The first kappa shape index (κ1) is 23.0. The van der Waals surface area contributed by atoms with Crippen LogP contribution in [0, 0.1) is 0 Å². The van der Waals surface area contributed by atoms with Crippen LogP contribution in [0.1, 0.15) is 13.8 Å². The summed E-state index contributed by atoms with van der Waals surface area (Å²) in [5.74, 6) is 0. The van der Waals surface area contributed by atoms with E-state index in [0.717, 1.165) is 105 Å². The second kappa shape index (κ2) is 14.7. The van der Waals surface area contributed by atoms with Gasteiger partial charge in [0.1, 0.15) is 0 Å². The van der Waals surface area contributed by atoms with Gasteiger partial charge in [-0.05, 0) is 13.1 Å². The van der Waals surface area contributed by atoms with Crippen LogP contribution in [0.3, 0.4) is 0 Å². The molecule has 2 aliphatic rings. The molecule has 0 atom stereocenters. The molecule has 2 rings (SSSR count). The quantitative estimate of drug-likeness (QED) is 0.674. The van der Waals surface area contributed by atoms with E-state index in [-0.39, 0.29) is 0 Å². The molecule has 0 N–H and O–H groups in total. The maximum absolute atomic E-state index is 5.74. The number of nitrogens with zero attached hydrogens (tertiary/aromatic N) is 4. The first-order valence-electron chi connectivity index (χ1n) is 10.9. The van der Waals surface area contributed by atoms with E-state index in [0.29, 0.717) is 13.2 Å². The Balaban J connectivity index is 1.85. The number of hydrogen-bond acceptors (Lipinski definition) is 7. The van der Waals surface area contributed by atoms with Gasteiger partial charge in [0.05, 0.1) is 39.6 Å². The van der Waals surface area contributed by atoms with Crippen LogP contribution in [-0.2, 0) is 14.2 Å². The van der Waals surface area contributed by atoms with Gasteiger partial charge in [0.15, 0.2) is 0 Å². The highest BCUT2D eigenvalue weighted by molar-refractivity contribution is 4.70. The van der Waals surface area contributed by atoms with Crippen LogP contribution in [0.15, 0.2) is 0 Å². The van der Waals surface area contributed by atoms with E-state index in [1.54, 1.807) is 0 Å². The second-order valence-corrected chi connectivity index (χ2v) is 7.39. The Hall–Kier alpha value is -0.280. The monoisotopic (exact) mass is 386 g/mol. The minimum absolute atomic E-state index is 0.704. The Morgan fingerprint density at radius 2 is 0.778 bits per heavy atom. The van der Waals surface area contributed by atoms with Gasteiger partial charge in [-0.15, -0.1) is 0 Å². The fourth-order valence-electron chi connectivity index (χ4n) is 3.57. The van der Waals surface area contributed by atoms with Crippen LogP contribution >= 0.6 is 0 Å². The number of hydrogen-bond donors (Lipinski definition) is 0. The maximum Gasteiger partial charge on any atom is 0.0701 e. The van der Waals surface area contributed by atoms with Crippen LogP contribution in [0.2, 0.25) is 0 Å². The van der Waals surface area contributed by atoms with Gasteiger partial charge in [-0.2, -0.15) is 0 Å². The van der Waals surface area contributed by atoms with Gasteiger partial charge >= 0.3 is 0 Å². The third-order valence-electron chi connectivity index (χ3n) is 5.67. The number of likely N-dealkylation sites (N-methyl/N-ethyl adjacent to an activating group) is 2. The lowest BCUT2D eigenvalue weighted by Gasteiger charge is -2.32. The normalized spacial score (nSPS) is 25.1. The van der Waals surface area contributed by atoms with E-state index in [2.05, 4.69) is 33.4 Å². The third-order valence-corrected chi connectivity index (χ3v) is 5.67. The van der Waals surface area contributed by atoms with E-state index < -0.39 is 0 Å². The molecule has 27 heavy (non-hydrogen) atoms. The molecule has 0 unspecified atom stereocenters. The largest absolute Gasteiger partial charge is 0.379 e. The minimum atomic E-state index is 0.704. The van der Waals surface area contributed by atoms with Gasteiger partial charge in [-0.3, -0.25) is 9.80 Å². The van der Waals surface area contributed by atoms with E-state index in [9.17, 15) is 0 Å². The smallest absolute Gasteiger partial charge is 0.0701 e. The van der Waals surface area contributed by atoms with Gasteiger partial charge < -0.3 is 24.0 Å². The molecule has 2 aliphatic heterocycles. The van der Waals surface area contributed by atoms with Crippen molar-refractivity contribution in [3.63, 3.8) is 0 Å². The zero-order valence-corrected chi connectivity index (χ0v) is 17.7. The standard InChI is InChI=1S/C20H42N4O3/c1-3-21-5-7-23(9-10-24-13-17-25-18-14-24)8-6-22(4-2)12-16-27-20-19-26-15-11-21/h3-20H2,1-2H3. The Bertz CT molecular complexity index is 334. The molecule has 160 valence electrons. The molecule has 7 nitrogen and oxygen atoms in total. The van der Waals surface area contributed by atoms with Crippen molar-refractivity contribution in [2.45, 2.75) is 13.8 Å². The molecule has 0 spiro atoms. The highest BCUT2D eigenvalue weighted by atomic mass is 16.5. The summed E-state index contributed by atoms with van der Waals surface area (Å²) in [5, 5.41) is 0. The fraction of sp³-hybridized carbons (Fsp3) is 1.00. The minimum Gasteiger partial charge on any atom is -0.379 e.